The number of unbranched alkanes of at least 4 members (excludes halogenated alkanes) is 3. The largest absolute Gasteiger partial charge is 0.481 e. The molecule has 0 aliphatic rings. The molecule has 0 spiro atoms. The predicted molar refractivity (Wildman–Crippen MR) is 137 cm³/mol. The van der Waals surface area contributed by atoms with Crippen molar-refractivity contribution in [3.8, 4) is 0 Å². The number of carboxylic acids is 2. The molecule has 2 N–H and O–H groups in total. The molecule has 0 bridgehead atoms. The van der Waals surface area contributed by atoms with Crippen molar-refractivity contribution in [1.82, 2.24) is 0 Å². The third kappa shape index (κ3) is 11.2. The van der Waals surface area contributed by atoms with Gasteiger partial charge in [0.1, 0.15) is 0 Å². The Hall–Kier alpha value is -1.10. The zero-order chi connectivity index (χ0) is 25.3. The molecule has 196 valence electrons. The van der Waals surface area contributed by atoms with Crippen LogP contribution in [0.1, 0.15) is 131 Å². The van der Waals surface area contributed by atoms with Crippen LogP contribution in [0.2, 0.25) is 0 Å². The summed E-state index contributed by atoms with van der Waals surface area (Å²) in [7, 11) is 0. The van der Waals surface area contributed by atoms with Crippen molar-refractivity contribution in [2.24, 2.45) is 23.7 Å². The molecule has 0 heterocycles. The Balaban J connectivity index is 6.13. The average Bonchev–Trinajstić information content (AvgIpc) is 2.80. The fourth-order valence-corrected chi connectivity index (χ4v) is 4.94. The highest BCUT2D eigenvalue weighted by Crippen LogP contribution is 2.39. The second-order valence-corrected chi connectivity index (χ2v) is 10.1. The minimum Gasteiger partial charge on any atom is -0.481 e. The van der Waals surface area contributed by atoms with Crippen LogP contribution in [0.15, 0.2) is 0 Å². The van der Waals surface area contributed by atoms with Crippen LogP contribution in [0.3, 0.4) is 0 Å². The molecule has 0 radical (unpaired) electrons. The summed E-state index contributed by atoms with van der Waals surface area (Å²) in [6, 6.07) is 0. The highest BCUT2D eigenvalue weighted by Gasteiger charge is 2.52. The number of rotatable bonds is 22. The predicted octanol–water partition coefficient (Wildman–Crippen LogP) is 7.96. The van der Waals surface area contributed by atoms with Gasteiger partial charge in [-0.3, -0.25) is 4.79 Å². The molecular weight excluding hydrogens is 416 g/mol. The van der Waals surface area contributed by atoms with Gasteiger partial charge in [0.15, 0.2) is 5.60 Å². The Morgan fingerprint density at radius 3 is 1.58 bits per heavy atom. The van der Waals surface area contributed by atoms with E-state index in [-0.39, 0.29) is 24.2 Å². The van der Waals surface area contributed by atoms with E-state index in [0.717, 1.165) is 77.0 Å². The fourth-order valence-electron chi connectivity index (χ4n) is 4.94. The first-order chi connectivity index (χ1) is 15.8. The van der Waals surface area contributed by atoms with Crippen LogP contribution in [0.25, 0.3) is 0 Å². The molecule has 0 saturated heterocycles. The van der Waals surface area contributed by atoms with Crippen molar-refractivity contribution < 1.29 is 24.5 Å². The Bertz CT molecular complexity index is 520. The van der Waals surface area contributed by atoms with Crippen LogP contribution >= 0.6 is 0 Å². The Morgan fingerprint density at radius 2 is 1.18 bits per heavy atom. The molecule has 5 heteroatoms. The third-order valence-electron chi connectivity index (χ3n) is 7.59. The van der Waals surface area contributed by atoms with Gasteiger partial charge in [-0.05, 0) is 37.0 Å². The quantitative estimate of drug-likeness (QED) is 0.168. The lowest BCUT2D eigenvalue weighted by atomic mass is 9.73. The molecule has 5 unspecified atom stereocenters. The number of ether oxygens (including phenoxy) is 1. The number of carboxylic acid groups (broad SMARTS) is 2. The van der Waals surface area contributed by atoms with Crippen LogP contribution in [-0.2, 0) is 14.3 Å². The van der Waals surface area contributed by atoms with E-state index in [1.807, 2.05) is 0 Å². The van der Waals surface area contributed by atoms with Gasteiger partial charge >= 0.3 is 11.9 Å². The summed E-state index contributed by atoms with van der Waals surface area (Å²) in [6.45, 7) is 13.0. The molecule has 0 aromatic heterocycles. The zero-order valence-electron chi connectivity index (χ0n) is 22.5. The lowest BCUT2D eigenvalue weighted by molar-refractivity contribution is -0.191. The maximum Gasteiger partial charge on any atom is 0.336 e. The summed E-state index contributed by atoms with van der Waals surface area (Å²) < 4.78 is 6.35. The minimum absolute atomic E-state index is 0.148. The summed E-state index contributed by atoms with van der Waals surface area (Å²) >= 11 is 0. The molecule has 5 atom stereocenters. The van der Waals surface area contributed by atoms with E-state index in [1.54, 1.807) is 0 Å². The maximum absolute atomic E-state index is 12.9. The lowest BCUT2D eigenvalue weighted by Gasteiger charge is -2.39. The van der Waals surface area contributed by atoms with Gasteiger partial charge in [-0.1, -0.05) is 112 Å². The van der Waals surface area contributed by atoms with Gasteiger partial charge < -0.3 is 14.9 Å². The monoisotopic (exact) mass is 470 g/mol. The highest BCUT2D eigenvalue weighted by molar-refractivity contribution is 5.86. The summed E-state index contributed by atoms with van der Waals surface area (Å²) in [5, 5.41) is 20.9. The lowest BCUT2D eigenvalue weighted by Crippen LogP contribution is -2.54. The van der Waals surface area contributed by atoms with Crippen molar-refractivity contribution in [3.63, 3.8) is 0 Å². The summed E-state index contributed by atoms with van der Waals surface area (Å²) in [5.41, 5.74) is -1.67. The van der Waals surface area contributed by atoms with E-state index in [0.29, 0.717) is 13.0 Å². The molecule has 0 aromatic rings. The molecule has 33 heavy (non-hydrogen) atoms. The molecule has 0 aromatic carbocycles. The van der Waals surface area contributed by atoms with E-state index < -0.39 is 23.5 Å². The first-order valence-electron chi connectivity index (χ1n) is 13.9. The van der Waals surface area contributed by atoms with E-state index in [2.05, 4.69) is 41.5 Å². The fraction of sp³-hybridized carbons (Fsp3) is 0.929. The van der Waals surface area contributed by atoms with Crippen LogP contribution in [-0.4, -0.2) is 34.4 Å². The SMILES string of the molecule is CCCCC(CC)COC(CC(CC)CCCC)(C(=O)O)C(CC(CC)CCCC)C(=O)O. The molecule has 5 nitrogen and oxygen atoms in total. The highest BCUT2D eigenvalue weighted by atomic mass is 16.5. The standard InChI is InChI=1S/C28H54O5/c1-7-13-16-22(10-4)19-25(26(29)30)28(27(31)32,20-23(11-5)17-14-8-2)33-21-24(12-6)18-15-9-3/h22-25H,7-21H2,1-6H3,(H,29,30)(H,31,32). The van der Waals surface area contributed by atoms with Gasteiger partial charge in [-0.2, -0.15) is 0 Å². The molecule has 0 aliphatic carbocycles. The normalized spacial score (nSPS) is 17.2. The number of aliphatic carboxylic acids is 2. The van der Waals surface area contributed by atoms with Crippen molar-refractivity contribution in [2.45, 2.75) is 137 Å². The Kier molecular flexibility index (Phi) is 17.6. The Labute approximate surface area is 204 Å². The maximum atomic E-state index is 12.9. The first kappa shape index (κ1) is 31.9. The van der Waals surface area contributed by atoms with Crippen molar-refractivity contribution in [2.75, 3.05) is 6.61 Å². The van der Waals surface area contributed by atoms with Crippen LogP contribution in [0, 0.1) is 23.7 Å². The van der Waals surface area contributed by atoms with Crippen LogP contribution in [0.5, 0.6) is 0 Å². The first-order valence-corrected chi connectivity index (χ1v) is 13.9. The molecule has 0 fully saturated rings. The van der Waals surface area contributed by atoms with Gasteiger partial charge in [0.25, 0.3) is 0 Å². The van der Waals surface area contributed by atoms with E-state index in [4.69, 9.17) is 4.74 Å². The summed E-state index contributed by atoms with van der Waals surface area (Å²) in [5.74, 6) is -2.55. The van der Waals surface area contributed by atoms with Gasteiger partial charge in [0, 0.05) is 0 Å². The van der Waals surface area contributed by atoms with Crippen LogP contribution in [0.4, 0.5) is 0 Å². The molecule has 0 aliphatic heterocycles. The van der Waals surface area contributed by atoms with Gasteiger partial charge in [0.2, 0.25) is 0 Å². The summed E-state index contributed by atoms with van der Waals surface area (Å²) in [6.07, 6.45) is 12.4. The van der Waals surface area contributed by atoms with Crippen molar-refractivity contribution >= 4 is 11.9 Å². The molecule has 0 amide bonds. The second kappa shape index (κ2) is 18.3. The number of hydrogen-bond donors (Lipinski definition) is 2. The van der Waals surface area contributed by atoms with E-state index in [1.165, 1.54) is 0 Å². The summed E-state index contributed by atoms with van der Waals surface area (Å²) in [4.78, 5) is 25.5. The average molecular weight is 471 g/mol. The molecule has 0 rings (SSSR count). The van der Waals surface area contributed by atoms with E-state index >= 15 is 0 Å². The van der Waals surface area contributed by atoms with E-state index in [9.17, 15) is 19.8 Å². The smallest absolute Gasteiger partial charge is 0.336 e. The second-order valence-electron chi connectivity index (χ2n) is 10.1. The topological polar surface area (TPSA) is 83.8 Å². The zero-order valence-corrected chi connectivity index (χ0v) is 22.5. The van der Waals surface area contributed by atoms with Crippen molar-refractivity contribution in [3.05, 3.63) is 0 Å². The van der Waals surface area contributed by atoms with Crippen molar-refractivity contribution in [1.29, 1.82) is 0 Å². The Morgan fingerprint density at radius 1 is 0.727 bits per heavy atom. The van der Waals surface area contributed by atoms with Crippen LogP contribution < -0.4 is 0 Å². The van der Waals surface area contributed by atoms with Gasteiger partial charge in [-0.15, -0.1) is 0 Å². The van der Waals surface area contributed by atoms with Gasteiger partial charge in [0.05, 0.1) is 12.5 Å². The van der Waals surface area contributed by atoms with Gasteiger partial charge in [-0.25, -0.2) is 4.79 Å². The molecular formula is C28H54O5. The number of hydrogen-bond acceptors (Lipinski definition) is 3. The minimum atomic E-state index is -1.67. The third-order valence-corrected chi connectivity index (χ3v) is 7.59. The molecule has 0 saturated carbocycles. The number of carbonyl (C=O) groups is 2.